The largest absolute Gasteiger partial charge is 0.336 e. The van der Waals surface area contributed by atoms with Crippen LogP contribution in [-0.4, -0.2) is 67.6 Å². The number of anilines is 1. The Kier molecular flexibility index (Phi) is 5.41. The number of rotatable bonds is 4. The van der Waals surface area contributed by atoms with Gasteiger partial charge >= 0.3 is 0 Å². The highest BCUT2D eigenvalue weighted by Gasteiger charge is 2.29. The third kappa shape index (κ3) is 4.17. The fraction of sp³-hybridized carbons (Fsp3) is 0.364. The zero-order chi connectivity index (χ0) is 21.4. The van der Waals surface area contributed by atoms with Crippen LogP contribution < -0.4 is 4.31 Å². The van der Waals surface area contributed by atoms with Gasteiger partial charge in [-0.25, -0.2) is 13.4 Å². The normalized spacial score (nSPS) is 19.2. The van der Waals surface area contributed by atoms with Gasteiger partial charge in [-0.05, 0) is 42.8 Å². The van der Waals surface area contributed by atoms with Crippen molar-refractivity contribution in [3.05, 3.63) is 59.1 Å². The molecule has 0 bridgehead atoms. The lowest BCUT2D eigenvalue weighted by Crippen LogP contribution is -2.48. The third-order valence-electron chi connectivity index (χ3n) is 5.86. The monoisotopic (exact) mass is 456 g/mol. The van der Waals surface area contributed by atoms with Crippen LogP contribution in [0, 0.1) is 0 Å². The van der Waals surface area contributed by atoms with Crippen molar-refractivity contribution >= 4 is 43.2 Å². The van der Waals surface area contributed by atoms with Crippen molar-refractivity contribution in [1.29, 1.82) is 0 Å². The number of amides is 1. The average Bonchev–Trinajstić information content (AvgIpc) is 3.35. The number of piperazine rings is 1. The van der Waals surface area contributed by atoms with E-state index in [0.717, 1.165) is 30.2 Å². The standard InChI is InChI=1S/C22H24N4O3S2/c27-22(17-6-8-18(9-7-17)26-10-3-15-31(26,28)29)25-13-11-24(12-14-25)16-21-23-19-4-1-2-5-20(19)30-21/h1-2,4-9H,3,10-16H2. The molecule has 9 heteroatoms. The predicted molar refractivity (Wildman–Crippen MR) is 123 cm³/mol. The Morgan fingerprint density at radius 2 is 1.71 bits per heavy atom. The van der Waals surface area contributed by atoms with Gasteiger partial charge in [0.25, 0.3) is 5.91 Å². The maximum Gasteiger partial charge on any atom is 0.253 e. The van der Waals surface area contributed by atoms with Crippen molar-refractivity contribution in [3.63, 3.8) is 0 Å². The van der Waals surface area contributed by atoms with E-state index in [1.165, 1.54) is 9.01 Å². The van der Waals surface area contributed by atoms with Gasteiger partial charge in [0.15, 0.2) is 0 Å². The second-order valence-electron chi connectivity index (χ2n) is 7.93. The van der Waals surface area contributed by atoms with Crippen molar-refractivity contribution in [2.75, 3.05) is 42.8 Å². The highest BCUT2D eigenvalue weighted by Crippen LogP contribution is 2.25. The maximum atomic E-state index is 12.9. The molecule has 0 atom stereocenters. The van der Waals surface area contributed by atoms with E-state index >= 15 is 0 Å². The van der Waals surface area contributed by atoms with Crippen molar-refractivity contribution < 1.29 is 13.2 Å². The van der Waals surface area contributed by atoms with Crippen LogP contribution in [0.4, 0.5) is 5.69 Å². The van der Waals surface area contributed by atoms with E-state index in [1.807, 2.05) is 23.1 Å². The summed E-state index contributed by atoms with van der Waals surface area (Å²) in [6.07, 6.45) is 0.643. The molecule has 162 valence electrons. The summed E-state index contributed by atoms with van der Waals surface area (Å²) in [5.74, 6) is 0.185. The molecule has 7 nitrogen and oxygen atoms in total. The molecule has 31 heavy (non-hydrogen) atoms. The van der Waals surface area contributed by atoms with Crippen LogP contribution in [0.25, 0.3) is 10.2 Å². The van der Waals surface area contributed by atoms with Crippen LogP contribution in [0.1, 0.15) is 21.8 Å². The number of fused-ring (bicyclic) bond motifs is 1. The summed E-state index contributed by atoms with van der Waals surface area (Å²) in [7, 11) is -3.21. The molecule has 1 aromatic heterocycles. The highest BCUT2D eigenvalue weighted by molar-refractivity contribution is 7.93. The van der Waals surface area contributed by atoms with Crippen molar-refractivity contribution in [3.8, 4) is 0 Å². The van der Waals surface area contributed by atoms with Crippen LogP contribution in [0.2, 0.25) is 0 Å². The summed E-state index contributed by atoms with van der Waals surface area (Å²) < 4.78 is 26.8. The quantitative estimate of drug-likeness (QED) is 0.604. The Bertz CT molecular complexity index is 1170. The van der Waals surface area contributed by atoms with Gasteiger partial charge in [-0.1, -0.05) is 12.1 Å². The van der Waals surface area contributed by atoms with Crippen LogP contribution in [0.5, 0.6) is 0 Å². The number of hydrogen-bond donors (Lipinski definition) is 0. The number of carbonyl (C=O) groups excluding carboxylic acids is 1. The van der Waals surface area contributed by atoms with Gasteiger partial charge in [0.05, 0.1) is 28.2 Å². The predicted octanol–water partition coefficient (Wildman–Crippen LogP) is 2.79. The number of para-hydroxylation sites is 1. The van der Waals surface area contributed by atoms with Gasteiger partial charge in [0.2, 0.25) is 10.0 Å². The molecule has 0 spiro atoms. The fourth-order valence-electron chi connectivity index (χ4n) is 4.17. The Hall–Kier alpha value is -2.49. The number of sulfonamides is 1. The first-order valence-corrected chi connectivity index (χ1v) is 12.9. The van der Waals surface area contributed by atoms with E-state index in [0.29, 0.717) is 37.3 Å². The molecule has 2 saturated heterocycles. The first-order valence-electron chi connectivity index (χ1n) is 10.5. The number of aromatic nitrogens is 1. The molecular formula is C22H24N4O3S2. The van der Waals surface area contributed by atoms with Crippen LogP contribution in [-0.2, 0) is 16.6 Å². The summed E-state index contributed by atoms with van der Waals surface area (Å²) in [4.78, 5) is 21.8. The van der Waals surface area contributed by atoms with Crippen LogP contribution >= 0.6 is 11.3 Å². The lowest BCUT2D eigenvalue weighted by Gasteiger charge is -2.34. The molecule has 0 unspecified atom stereocenters. The topological polar surface area (TPSA) is 73.8 Å². The summed E-state index contributed by atoms with van der Waals surface area (Å²) >= 11 is 1.73. The second kappa shape index (κ2) is 8.22. The van der Waals surface area contributed by atoms with Crippen LogP contribution in [0.15, 0.2) is 48.5 Å². The van der Waals surface area contributed by atoms with Crippen molar-refractivity contribution in [2.45, 2.75) is 13.0 Å². The first-order chi connectivity index (χ1) is 15.0. The SMILES string of the molecule is O=C(c1ccc(N2CCCS2(=O)=O)cc1)N1CCN(Cc2nc3ccccc3s2)CC1. The van der Waals surface area contributed by atoms with Crippen molar-refractivity contribution in [1.82, 2.24) is 14.8 Å². The molecule has 0 aliphatic carbocycles. The molecule has 2 fully saturated rings. The number of nitrogens with zero attached hydrogens (tertiary/aromatic N) is 4. The van der Waals surface area contributed by atoms with E-state index in [9.17, 15) is 13.2 Å². The number of benzene rings is 2. The first kappa shape index (κ1) is 20.4. The van der Waals surface area contributed by atoms with E-state index < -0.39 is 10.0 Å². The van der Waals surface area contributed by atoms with E-state index in [2.05, 4.69) is 11.0 Å². The molecule has 3 aromatic rings. The summed E-state index contributed by atoms with van der Waals surface area (Å²) in [6.45, 7) is 4.28. The molecule has 0 radical (unpaired) electrons. The van der Waals surface area contributed by atoms with Crippen molar-refractivity contribution in [2.24, 2.45) is 0 Å². The fourth-order valence-corrected chi connectivity index (χ4v) is 6.74. The highest BCUT2D eigenvalue weighted by atomic mass is 32.2. The summed E-state index contributed by atoms with van der Waals surface area (Å²) in [6, 6.07) is 15.1. The number of thiazole rings is 1. The Labute approximate surface area is 186 Å². The van der Waals surface area contributed by atoms with E-state index in [-0.39, 0.29) is 11.7 Å². The second-order valence-corrected chi connectivity index (χ2v) is 11.1. The van der Waals surface area contributed by atoms with E-state index in [4.69, 9.17) is 4.98 Å². The molecule has 1 amide bonds. The Morgan fingerprint density at radius 3 is 2.39 bits per heavy atom. The number of hydrogen-bond acceptors (Lipinski definition) is 6. The lowest BCUT2D eigenvalue weighted by molar-refractivity contribution is 0.0628. The van der Waals surface area contributed by atoms with Gasteiger partial charge in [0, 0.05) is 38.3 Å². The summed E-state index contributed by atoms with van der Waals surface area (Å²) in [5, 5.41) is 1.11. The Morgan fingerprint density at radius 1 is 0.968 bits per heavy atom. The minimum Gasteiger partial charge on any atom is -0.336 e. The van der Waals surface area contributed by atoms with Gasteiger partial charge in [0.1, 0.15) is 5.01 Å². The molecule has 3 heterocycles. The van der Waals surface area contributed by atoms with Gasteiger partial charge in [-0.2, -0.15) is 0 Å². The molecule has 2 aromatic carbocycles. The number of carbonyl (C=O) groups is 1. The van der Waals surface area contributed by atoms with E-state index in [1.54, 1.807) is 35.6 Å². The molecule has 2 aliphatic rings. The summed E-state index contributed by atoms with van der Waals surface area (Å²) in [5.41, 5.74) is 2.27. The molecule has 5 rings (SSSR count). The lowest BCUT2D eigenvalue weighted by atomic mass is 10.1. The molecule has 0 saturated carbocycles. The van der Waals surface area contributed by atoms with Gasteiger partial charge in [-0.15, -0.1) is 11.3 Å². The minimum atomic E-state index is -3.21. The zero-order valence-corrected chi connectivity index (χ0v) is 18.7. The van der Waals surface area contributed by atoms with Gasteiger partial charge in [-0.3, -0.25) is 14.0 Å². The smallest absolute Gasteiger partial charge is 0.253 e. The zero-order valence-electron chi connectivity index (χ0n) is 17.1. The average molecular weight is 457 g/mol. The molecular weight excluding hydrogens is 432 g/mol. The Balaban J connectivity index is 1.19. The molecule has 0 N–H and O–H groups in total. The van der Waals surface area contributed by atoms with Crippen LogP contribution in [0.3, 0.4) is 0 Å². The maximum absolute atomic E-state index is 12.9. The third-order valence-corrected chi connectivity index (χ3v) is 8.75. The minimum absolute atomic E-state index is 0.00420. The molecule has 2 aliphatic heterocycles. The van der Waals surface area contributed by atoms with Gasteiger partial charge < -0.3 is 4.90 Å².